The van der Waals surface area contributed by atoms with Gasteiger partial charge in [-0.15, -0.1) is 33.7 Å². The van der Waals surface area contributed by atoms with E-state index in [4.69, 9.17) is 0 Å². The number of fused-ring (bicyclic) bond motifs is 7. The van der Waals surface area contributed by atoms with Gasteiger partial charge in [-0.3, -0.25) is 0 Å². The maximum atomic E-state index is 2.55. The fourth-order valence-electron chi connectivity index (χ4n) is 8.12. The molecule has 0 amide bonds. The van der Waals surface area contributed by atoms with Crippen molar-refractivity contribution in [3.05, 3.63) is 143 Å². The summed E-state index contributed by atoms with van der Waals surface area (Å²) in [5.74, 6) is 0.236. The van der Waals surface area contributed by atoms with E-state index in [-0.39, 0.29) is 67.8 Å². The van der Waals surface area contributed by atoms with Crippen LogP contribution in [0.3, 0.4) is 0 Å². The summed E-state index contributed by atoms with van der Waals surface area (Å²) in [6.45, 7) is 20.7. The first-order valence-electron chi connectivity index (χ1n) is 18.5. The van der Waals surface area contributed by atoms with E-state index in [1.54, 1.807) is 0 Å². The number of allylic oxidation sites excluding steroid dienone is 1. The van der Waals surface area contributed by atoms with Crippen LogP contribution in [0, 0.1) is 0 Å². The molecule has 0 saturated heterocycles. The van der Waals surface area contributed by atoms with Crippen molar-refractivity contribution >= 4 is 58.7 Å². The van der Waals surface area contributed by atoms with Gasteiger partial charge in [-0.2, -0.15) is 0 Å². The molecule has 0 aliphatic heterocycles. The van der Waals surface area contributed by atoms with Crippen LogP contribution in [-0.4, -0.2) is 9.52 Å². The van der Waals surface area contributed by atoms with Crippen molar-refractivity contribution < 1.29 is 51.0 Å². The fraction of sp³-hybridized carbons (Fsp3) is 0.286. The zero-order chi connectivity index (χ0) is 35.4. The molecule has 269 valence electrons. The molecule has 53 heavy (non-hydrogen) atoms. The van der Waals surface area contributed by atoms with Gasteiger partial charge in [-0.1, -0.05) is 187 Å². The van der Waals surface area contributed by atoms with Gasteiger partial charge >= 0.3 is 26.2 Å². The minimum absolute atomic E-state index is 0. The Hall–Kier alpha value is -2.87. The maximum Gasteiger partial charge on any atom is 3.00 e. The van der Waals surface area contributed by atoms with Crippen LogP contribution in [0.25, 0.3) is 60.3 Å². The van der Waals surface area contributed by atoms with Crippen LogP contribution in [0.15, 0.2) is 115 Å². The predicted octanol–water partition coefficient (Wildman–Crippen LogP) is 8.40. The summed E-state index contributed by atoms with van der Waals surface area (Å²) in [5.41, 5.74) is 11.4. The summed E-state index contributed by atoms with van der Waals surface area (Å²) >= 11 is 0. The number of halogens is 2. The summed E-state index contributed by atoms with van der Waals surface area (Å²) in [7, 11) is 1.08. The molecule has 1 aliphatic carbocycles. The van der Waals surface area contributed by atoms with Crippen LogP contribution < -0.4 is 24.8 Å². The summed E-state index contributed by atoms with van der Waals surface area (Å²) in [6, 6.07) is 41.9. The number of hydrogen-bond donors (Lipinski definition) is 0. The van der Waals surface area contributed by atoms with Crippen molar-refractivity contribution in [2.75, 3.05) is 0 Å². The Bertz CT molecular complexity index is 2420. The van der Waals surface area contributed by atoms with Crippen molar-refractivity contribution in [2.24, 2.45) is 0 Å². The largest absolute Gasteiger partial charge is 3.00 e. The van der Waals surface area contributed by atoms with Gasteiger partial charge in [0.05, 0.1) is 0 Å². The smallest absolute Gasteiger partial charge is 1.00 e. The Morgan fingerprint density at radius 1 is 0.604 bits per heavy atom. The van der Waals surface area contributed by atoms with Crippen LogP contribution in [0.1, 0.15) is 95.0 Å². The van der Waals surface area contributed by atoms with Gasteiger partial charge in [0, 0.05) is 15.4 Å². The average Bonchev–Trinajstić information content (AvgIpc) is 3.65. The fourth-order valence-corrected chi connectivity index (χ4v) is 8.12. The Balaban J connectivity index is 0.00000101. The second-order valence-electron chi connectivity index (χ2n) is 16.4. The van der Waals surface area contributed by atoms with Crippen molar-refractivity contribution in [3.8, 4) is 11.1 Å². The first kappa shape index (κ1) is 42.9. The molecule has 0 heterocycles. The van der Waals surface area contributed by atoms with Crippen LogP contribution >= 0.6 is 0 Å². The van der Waals surface area contributed by atoms with Gasteiger partial charge in [0.15, 0.2) is 0 Å². The molecule has 7 aromatic carbocycles. The third-order valence-electron chi connectivity index (χ3n) is 10.6. The van der Waals surface area contributed by atoms with Crippen molar-refractivity contribution in [1.29, 1.82) is 0 Å². The van der Waals surface area contributed by atoms with E-state index in [1.807, 2.05) is 0 Å². The Kier molecular flexibility index (Phi) is 13.6. The molecule has 0 aromatic heterocycles. The first-order valence-corrected chi connectivity index (χ1v) is 20.5. The quantitative estimate of drug-likeness (QED) is 0.0951. The topological polar surface area (TPSA) is 0 Å². The Morgan fingerprint density at radius 3 is 1.89 bits per heavy atom. The average molecular weight is 830 g/mol. The molecule has 3 radical (unpaired) electrons. The normalized spacial score (nSPS) is 13.8. The van der Waals surface area contributed by atoms with Crippen molar-refractivity contribution in [2.45, 2.75) is 91.1 Å². The van der Waals surface area contributed by atoms with Gasteiger partial charge in [-0.05, 0) is 67.1 Å². The van der Waals surface area contributed by atoms with E-state index in [2.05, 4.69) is 177 Å². The zero-order valence-electron chi connectivity index (χ0n) is 32.7. The molecular formula is C49H51Cl2SiZr. The molecule has 0 bridgehead atoms. The van der Waals surface area contributed by atoms with E-state index in [1.165, 1.54) is 87.6 Å². The van der Waals surface area contributed by atoms with Crippen molar-refractivity contribution in [3.63, 3.8) is 0 Å². The molecule has 0 spiro atoms. The van der Waals surface area contributed by atoms with E-state index < -0.39 is 0 Å². The standard InChI is InChI=1S/C47H45.C2H6Si.2ClH.Zr/c1-8-14-31-25-41-37(40-23-29-15-9-10-16-34(29)35-17-11-12-18-36(35)40)19-13-20-38(41)45(31)44-28-33(47(5,6)7)27-43-39-26-32(46(2,3)4)22-21-30(39)24-42(43)44;1-3-2;;;/h9-13,15-28,45H,8,14H2,1-7H3;1-2H3;2*1H;/q-1;;;;+3/p-2. The van der Waals surface area contributed by atoms with E-state index in [9.17, 15) is 0 Å². The molecule has 0 nitrogen and oxygen atoms in total. The van der Waals surface area contributed by atoms with Gasteiger partial charge in [0.1, 0.15) is 0 Å². The minimum atomic E-state index is 0. The molecule has 0 fully saturated rings. The summed E-state index contributed by atoms with van der Waals surface area (Å²) in [4.78, 5) is 0. The number of rotatable bonds is 4. The summed E-state index contributed by atoms with van der Waals surface area (Å²) in [6.07, 6.45) is 4.77. The summed E-state index contributed by atoms with van der Waals surface area (Å²) in [5, 5.41) is 10.8. The van der Waals surface area contributed by atoms with Crippen molar-refractivity contribution in [1.82, 2.24) is 0 Å². The molecular weight excluding hydrogens is 779 g/mol. The molecule has 1 unspecified atom stereocenters. The third kappa shape index (κ3) is 7.95. The molecule has 0 N–H and O–H groups in total. The molecule has 4 heteroatoms. The Morgan fingerprint density at radius 2 is 1.23 bits per heavy atom. The third-order valence-corrected chi connectivity index (χ3v) is 10.6. The van der Waals surface area contributed by atoms with Gasteiger partial charge in [0.25, 0.3) is 0 Å². The Labute approximate surface area is 352 Å². The molecule has 1 aliphatic rings. The van der Waals surface area contributed by atoms with Crippen LogP contribution in [0.2, 0.25) is 13.1 Å². The zero-order valence-corrected chi connectivity index (χ0v) is 37.7. The van der Waals surface area contributed by atoms with Gasteiger partial charge < -0.3 is 24.8 Å². The van der Waals surface area contributed by atoms with E-state index in [0.717, 1.165) is 22.4 Å². The van der Waals surface area contributed by atoms with Gasteiger partial charge in [0.2, 0.25) is 0 Å². The molecule has 7 aromatic rings. The minimum Gasteiger partial charge on any atom is -1.00 e. The molecule has 8 rings (SSSR count). The van der Waals surface area contributed by atoms with Gasteiger partial charge in [-0.25, -0.2) is 0 Å². The van der Waals surface area contributed by atoms with Crippen LogP contribution in [-0.2, 0) is 37.0 Å². The number of benzene rings is 6. The number of hydrogen-bond acceptors (Lipinski definition) is 0. The van der Waals surface area contributed by atoms with E-state index in [0.29, 0.717) is 0 Å². The molecule has 0 saturated carbocycles. The maximum absolute atomic E-state index is 2.55. The van der Waals surface area contributed by atoms with E-state index >= 15 is 0 Å². The second-order valence-corrected chi connectivity index (χ2v) is 17.4. The molecule has 1 atom stereocenters. The van der Waals surface area contributed by atoms with Crippen LogP contribution in [0.5, 0.6) is 0 Å². The van der Waals surface area contributed by atoms with Crippen LogP contribution in [0.4, 0.5) is 0 Å². The monoisotopic (exact) mass is 827 g/mol. The second kappa shape index (κ2) is 16.9. The predicted molar refractivity (Wildman–Crippen MR) is 224 cm³/mol. The first-order chi connectivity index (χ1) is 23.9. The summed E-state index contributed by atoms with van der Waals surface area (Å²) < 4.78 is 0. The SMILES string of the molecule is CCCC1=Cc2c(-c3cc4ccccc4c4ccccc34)cccc2C1c1cc(C(C)(C)C)cc2c1[cH-]c1ccc(C(C)(C)C)cc12.C[Si]C.[Cl-].[Cl-].[Zr+3].